The molecule has 1 aromatic heterocycles. The highest BCUT2D eigenvalue weighted by atomic mass is 16.4. The molecule has 5 heteroatoms. The molecule has 0 radical (unpaired) electrons. The number of carboxylic acids is 1. The van der Waals surface area contributed by atoms with E-state index in [1.807, 2.05) is 0 Å². The van der Waals surface area contributed by atoms with Crippen molar-refractivity contribution in [1.82, 2.24) is 9.47 Å². The number of nitrogens with zero attached hydrogens (tertiary/aromatic N) is 2. The Morgan fingerprint density at radius 1 is 1.53 bits per heavy atom. The molecule has 0 bridgehead atoms. The first-order valence-electron chi connectivity index (χ1n) is 6.21. The van der Waals surface area contributed by atoms with Gasteiger partial charge in [-0.3, -0.25) is 9.59 Å². The minimum absolute atomic E-state index is 0.198. The molecule has 0 saturated heterocycles. The minimum atomic E-state index is -0.976. The predicted molar refractivity (Wildman–Crippen MR) is 69.5 cm³/mol. The third-order valence-corrected chi connectivity index (χ3v) is 3.10. The second kappa shape index (κ2) is 5.61. The molecule has 100 valence electrons. The second-order valence-corrected chi connectivity index (χ2v) is 4.75. The molecule has 5 nitrogen and oxygen atoms in total. The van der Waals surface area contributed by atoms with E-state index in [9.17, 15) is 9.59 Å². The number of hydrogen-bond donors (Lipinski definition) is 1. The number of carbonyl (C=O) groups is 2. The van der Waals surface area contributed by atoms with Crippen LogP contribution in [-0.4, -0.2) is 39.5 Å². The van der Waals surface area contributed by atoms with E-state index in [2.05, 4.69) is 5.92 Å². The van der Waals surface area contributed by atoms with Crippen LogP contribution in [0.15, 0.2) is 18.3 Å². The van der Waals surface area contributed by atoms with E-state index in [4.69, 9.17) is 11.5 Å². The third kappa shape index (κ3) is 3.38. The fourth-order valence-electron chi connectivity index (χ4n) is 2.00. The Morgan fingerprint density at radius 2 is 2.26 bits per heavy atom. The first kappa shape index (κ1) is 13.2. The van der Waals surface area contributed by atoms with Gasteiger partial charge < -0.3 is 14.6 Å². The number of terminal acetylenes is 1. The first-order chi connectivity index (χ1) is 9.11. The SMILES string of the molecule is C#CCN(CC1CC1)C(=O)c1cccn1CC(=O)O. The summed E-state index contributed by atoms with van der Waals surface area (Å²) in [5, 5.41) is 8.81. The number of aromatic nitrogens is 1. The molecule has 1 amide bonds. The molecule has 0 atom stereocenters. The van der Waals surface area contributed by atoms with Crippen molar-refractivity contribution in [1.29, 1.82) is 0 Å². The van der Waals surface area contributed by atoms with Gasteiger partial charge in [-0.25, -0.2) is 0 Å². The van der Waals surface area contributed by atoms with Crippen LogP contribution in [0.25, 0.3) is 0 Å². The van der Waals surface area contributed by atoms with E-state index < -0.39 is 5.97 Å². The summed E-state index contributed by atoms with van der Waals surface area (Å²) in [5.74, 6) is 1.85. The van der Waals surface area contributed by atoms with Gasteiger partial charge in [0.05, 0.1) is 6.54 Å². The molecule has 1 heterocycles. The zero-order valence-corrected chi connectivity index (χ0v) is 10.6. The lowest BCUT2D eigenvalue weighted by Crippen LogP contribution is -2.35. The Labute approximate surface area is 111 Å². The zero-order valence-electron chi connectivity index (χ0n) is 10.6. The second-order valence-electron chi connectivity index (χ2n) is 4.75. The lowest BCUT2D eigenvalue weighted by molar-refractivity contribution is -0.137. The number of hydrogen-bond acceptors (Lipinski definition) is 2. The summed E-state index contributed by atoms with van der Waals surface area (Å²) >= 11 is 0. The van der Waals surface area contributed by atoms with Gasteiger partial charge >= 0.3 is 5.97 Å². The van der Waals surface area contributed by atoms with Crippen molar-refractivity contribution in [2.75, 3.05) is 13.1 Å². The molecule has 0 aliphatic heterocycles. The summed E-state index contributed by atoms with van der Waals surface area (Å²) < 4.78 is 1.43. The first-order valence-corrected chi connectivity index (χ1v) is 6.21. The van der Waals surface area contributed by atoms with E-state index in [0.29, 0.717) is 18.2 Å². The van der Waals surface area contributed by atoms with Crippen LogP contribution in [0.2, 0.25) is 0 Å². The van der Waals surface area contributed by atoms with Crippen molar-refractivity contribution in [3.05, 3.63) is 24.0 Å². The zero-order chi connectivity index (χ0) is 13.8. The Kier molecular flexibility index (Phi) is 3.91. The molecule has 0 spiro atoms. The Balaban J connectivity index is 2.13. The highest BCUT2D eigenvalue weighted by Crippen LogP contribution is 2.30. The summed E-state index contributed by atoms with van der Waals surface area (Å²) in [7, 11) is 0. The molecule has 0 aromatic carbocycles. The maximum absolute atomic E-state index is 12.4. The van der Waals surface area contributed by atoms with Crippen LogP contribution in [0.5, 0.6) is 0 Å². The molecule has 1 aromatic rings. The van der Waals surface area contributed by atoms with Crippen LogP contribution in [0.1, 0.15) is 23.3 Å². The molecule has 1 aliphatic rings. The summed E-state index contributed by atoms with van der Waals surface area (Å²) in [4.78, 5) is 24.7. The standard InChI is InChI=1S/C14H16N2O3/c1-2-7-16(9-11-5-6-11)14(19)12-4-3-8-15(12)10-13(17)18/h1,3-4,8,11H,5-7,9-10H2,(H,17,18). The molecule has 1 N–H and O–H groups in total. The van der Waals surface area contributed by atoms with Crippen molar-refractivity contribution in [3.8, 4) is 12.3 Å². The van der Waals surface area contributed by atoms with Gasteiger partial charge in [-0.05, 0) is 30.9 Å². The quantitative estimate of drug-likeness (QED) is 0.778. The molecule has 1 saturated carbocycles. The van der Waals surface area contributed by atoms with Crippen LogP contribution in [0, 0.1) is 18.3 Å². The van der Waals surface area contributed by atoms with Gasteiger partial charge in [-0.2, -0.15) is 0 Å². The normalized spacial score (nSPS) is 13.8. The number of rotatable bonds is 6. The molecule has 1 fully saturated rings. The van der Waals surface area contributed by atoms with Gasteiger partial charge in [0.2, 0.25) is 0 Å². The van der Waals surface area contributed by atoms with Crippen molar-refractivity contribution in [2.24, 2.45) is 5.92 Å². The predicted octanol–water partition coefficient (Wildman–Crippen LogP) is 1.06. The maximum atomic E-state index is 12.4. The Hall–Kier alpha value is -2.22. The highest BCUT2D eigenvalue weighted by molar-refractivity contribution is 5.93. The summed E-state index contributed by atoms with van der Waals surface area (Å²) in [6, 6.07) is 3.29. The van der Waals surface area contributed by atoms with E-state index in [1.54, 1.807) is 23.2 Å². The number of amides is 1. The maximum Gasteiger partial charge on any atom is 0.323 e. The third-order valence-electron chi connectivity index (χ3n) is 3.10. The minimum Gasteiger partial charge on any atom is -0.480 e. The molecule has 19 heavy (non-hydrogen) atoms. The average molecular weight is 260 g/mol. The fourth-order valence-corrected chi connectivity index (χ4v) is 2.00. The summed E-state index contributed by atoms with van der Waals surface area (Å²) in [5.41, 5.74) is 0.373. The lowest BCUT2D eigenvalue weighted by atomic mass is 10.3. The van der Waals surface area contributed by atoms with Crippen molar-refractivity contribution in [3.63, 3.8) is 0 Å². The summed E-state index contributed by atoms with van der Waals surface area (Å²) in [6.45, 7) is 0.691. The molecule has 1 aliphatic carbocycles. The number of carboxylic acid groups (broad SMARTS) is 1. The monoisotopic (exact) mass is 260 g/mol. The molecule has 0 unspecified atom stereocenters. The Bertz CT molecular complexity index is 523. The van der Waals surface area contributed by atoms with Crippen LogP contribution >= 0.6 is 0 Å². The van der Waals surface area contributed by atoms with Gasteiger partial charge in [-0.1, -0.05) is 5.92 Å². The van der Waals surface area contributed by atoms with Crippen molar-refractivity contribution < 1.29 is 14.7 Å². The van der Waals surface area contributed by atoms with E-state index >= 15 is 0 Å². The topological polar surface area (TPSA) is 62.5 Å². The lowest BCUT2D eigenvalue weighted by Gasteiger charge is -2.20. The molecular formula is C14H16N2O3. The van der Waals surface area contributed by atoms with E-state index in [-0.39, 0.29) is 19.0 Å². The van der Waals surface area contributed by atoms with Gasteiger partial charge in [0.1, 0.15) is 12.2 Å². The number of carbonyl (C=O) groups excluding carboxylic acids is 1. The number of aliphatic carboxylic acids is 1. The van der Waals surface area contributed by atoms with E-state index in [0.717, 1.165) is 12.8 Å². The van der Waals surface area contributed by atoms with Crippen LogP contribution < -0.4 is 0 Å². The van der Waals surface area contributed by atoms with E-state index in [1.165, 1.54) is 4.57 Å². The van der Waals surface area contributed by atoms with Gasteiger partial charge in [0.25, 0.3) is 5.91 Å². The molecular weight excluding hydrogens is 244 g/mol. The van der Waals surface area contributed by atoms with Crippen LogP contribution in [-0.2, 0) is 11.3 Å². The van der Waals surface area contributed by atoms with Crippen molar-refractivity contribution in [2.45, 2.75) is 19.4 Å². The average Bonchev–Trinajstić information content (AvgIpc) is 3.05. The van der Waals surface area contributed by atoms with Gasteiger partial charge in [0.15, 0.2) is 0 Å². The smallest absolute Gasteiger partial charge is 0.323 e. The summed E-state index contributed by atoms with van der Waals surface area (Å²) in [6.07, 6.45) is 9.14. The van der Waals surface area contributed by atoms with Crippen molar-refractivity contribution >= 4 is 11.9 Å². The Morgan fingerprint density at radius 3 is 2.84 bits per heavy atom. The van der Waals surface area contributed by atoms with Gasteiger partial charge in [0, 0.05) is 12.7 Å². The van der Waals surface area contributed by atoms with Gasteiger partial charge in [-0.15, -0.1) is 6.42 Å². The largest absolute Gasteiger partial charge is 0.480 e. The van der Waals surface area contributed by atoms with Crippen LogP contribution in [0.3, 0.4) is 0 Å². The fraction of sp³-hybridized carbons (Fsp3) is 0.429. The highest BCUT2D eigenvalue weighted by Gasteiger charge is 2.28. The molecule has 2 rings (SSSR count). The van der Waals surface area contributed by atoms with Crippen LogP contribution in [0.4, 0.5) is 0 Å².